The third kappa shape index (κ3) is 4.70. The first-order valence-corrected chi connectivity index (χ1v) is 8.68. The van der Waals surface area contributed by atoms with Gasteiger partial charge in [0, 0.05) is 10.9 Å². The van der Waals surface area contributed by atoms with Crippen LogP contribution < -0.4 is 5.32 Å². The number of aryl methyl sites for hydroxylation is 1. The summed E-state index contributed by atoms with van der Waals surface area (Å²) in [6.07, 6.45) is 0.0357. The Bertz CT molecular complexity index is 986. The number of anilines is 1. The number of nitrogens with zero attached hydrogens (tertiary/aromatic N) is 5. The predicted octanol–water partition coefficient (Wildman–Crippen LogP) is 1.60. The second kappa shape index (κ2) is 7.99. The molecule has 0 aliphatic heterocycles. The maximum absolute atomic E-state index is 13.3. The summed E-state index contributed by atoms with van der Waals surface area (Å²) in [5.74, 6) is -0.831. The van der Waals surface area contributed by atoms with Crippen LogP contribution in [0.4, 0.5) is 9.52 Å². The number of benzene rings is 1. The van der Waals surface area contributed by atoms with Gasteiger partial charge in [-0.2, -0.15) is 4.80 Å². The number of aromatic nitrogens is 5. The van der Waals surface area contributed by atoms with E-state index in [1.54, 1.807) is 24.4 Å². The van der Waals surface area contributed by atoms with Gasteiger partial charge < -0.3 is 10.1 Å². The summed E-state index contributed by atoms with van der Waals surface area (Å²) in [7, 11) is 1.30. The summed E-state index contributed by atoms with van der Waals surface area (Å²) >= 11 is 1.19. The molecule has 0 saturated carbocycles. The standard InChI is InChI=1S/C16H15FN6O3S/c1-9-5-10(3-4-12(9)17)15-20-22-23(21-15)7-13(24)19-16-18-11(8-27-16)6-14(25)26-2/h3-5,8H,6-7H2,1-2H3,(H,18,19,24). The zero-order valence-corrected chi connectivity index (χ0v) is 15.3. The largest absolute Gasteiger partial charge is 0.469 e. The fraction of sp³-hybridized carbons (Fsp3) is 0.250. The minimum Gasteiger partial charge on any atom is -0.469 e. The van der Waals surface area contributed by atoms with Crippen molar-refractivity contribution in [2.24, 2.45) is 0 Å². The van der Waals surface area contributed by atoms with Crippen LogP contribution in [0.25, 0.3) is 11.4 Å². The quantitative estimate of drug-likeness (QED) is 0.636. The molecule has 2 aromatic heterocycles. The van der Waals surface area contributed by atoms with Gasteiger partial charge in [-0.15, -0.1) is 21.5 Å². The van der Waals surface area contributed by atoms with Crippen molar-refractivity contribution in [3.8, 4) is 11.4 Å². The molecule has 3 rings (SSSR count). The first kappa shape index (κ1) is 18.6. The molecule has 1 aromatic carbocycles. The van der Waals surface area contributed by atoms with Crippen molar-refractivity contribution >= 4 is 28.3 Å². The molecule has 0 spiro atoms. The summed E-state index contributed by atoms with van der Waals surface area (Å²) in [4.78, 5) is 28.6. The zero-order valence-electron chi connectivity index (χ0n) is 14.5. The number of hydrogen-bond acceptors (Lipinski definition) is 8. The molecule has 0 saturated heterocycles. The Morgan fingerprint density at radius 3 is 2.93 bits per heavy atom. The SMILES string of the molecule is COC(=O)Cc1csc(NC(=O)Cn2nnc(-c3ccc(F)c(C)c3)n2)n1. The third-order valence-electron chi connectivity index (χ3n) is 3.51. The predicted molar refractivity (Wildman–Crippen MR) is 94.4 cm³/mol. The van der Waals surface area contributed by atoms with Crippen LogP contribution in [-0.4, -0.2) is 44.2 Å². The number of methoxy groups -OCH3 is 1. The Morgan fingerprint density at radius 2 is 2.19 bits per heavy atom. The van der Waals surface area contributed by atoms with E-state index in [0.29, 0.717) is 27.8 Å². The van der Waals surface area contributed by atoms with Gasteiger partial charge in [0.2, 0.25) is 11.7 Å². The van der Waals surface area contributed by atoms with Gasteiger partial charge in [0.05, 0.1) is 19.2 Å². The zero-order chi connectivity index (χ0) is 19.4. The Hall–Kier alpha value is -3.21. The van der Waals surface area contributed by atoms with Crippen molar-refractivity contribution in [1.82, 2.24) is 25.2 Å². The van der Waals surface area contributed by atoms with E-state index in [2.05, 4.69) is 30.4 Å². The lowest BCUT2D eigenvalue weighted by atomic mass is 10.1. The number of thiazole rings is 1. The van der Waals surface area contributed by atoms with Crippen molar-refractivity contribution in [3.05, 3.63) is 40.7 Å². The molecule has 0 bridgehead atoms. The maximum Gasteiger partial charge on any atom is 0.311 e. The van der Waals surface area contributed by atoms with Crippen molar-refractivity contribution in [2.75, 3.05) is 12.4 Å². The number of hydrogen-bond donors (Lipinski definition) is 1. The highest BCUT2D eigenvalue weighted by atomic mass is 32.1. The molecular formula is C16H15FN6O3S. The summed E-state index contributed by atoms with van der Waals surface area (Å²) in [6.45, 7) is 1.47. The molecule has 0 aliphatic rings. The molecule has 1 amide bonds. The van der Waals surface area contributed by atoms with E-state index in [1.807, 2.05) is 0 Å². The van der Waals surface area contributed by atoms with Gasteiger partial charge in [0.25, 0.3) is 0 Å². The summed E-state index contributed by atoms with van der Waals surface area (Å²) in [5, 5.41) is 16.4. The highest BCUT2D eigenvalue weighted by Crippen LogP contribution is 2.18. The topological polar surface area (TPSA) is 112 Å². The molecule has 9 nitrogen and oxygen atoms in total. The molecule has 0 radical (unpaired) electrons. The van der Waals surface area contributed by atoms with Crippen LogP contribution in [0.15, 0.2) is 23.6 Å². The molecule has 11 heteroatoms. The monoisotopic (exact) mass is 390 g/mol. The van der Waals surface area contributed by atoms with Crippen LogP contribution in [0, 0.1) is 12.7 Å². The van der Waals surface area contributed by atoms with Gasteiger partial charge in [-0.25, -0.2) is 9.37 Å². The summed E-state index contributed by atoms with van der Waals surface area (Å²) < 4.78 is 17.9. The number of esters is 1. The molecule has 2 heterocycles. The van der Waals surface area contributed by atoms with E-state index in [1.165, 1.54) is 24.5 Å². The van der Waals surface area contributed by atoms with Crippen LogP contribution >= 0.6 is 11.3 Å². The molecule has 0 unspecified atom stereocenters. The molecule has 1 N–H and O–H groups in total. The molecular weight excluding hydrogens is 375 g/mol. The smallest absolute Gasteiger partial charge is 0.311 e. The molecule has 0 fully saturated rings. The van der Waals surface area contributed by atoms with E-state index in [9.17, 15) is 14.0 Å². The van der Waals surface area contributed by atoms with Crippen molar-refractivity contribution in [2.45, 2.75) is 19.9 Å². The average molecular weight is 390 g/mol. The Kier molecular flexibility index (Phi) is 5.50. The highest BCUT2D eigenvalue weighted by Gasteiger charge is 2.13. The summed E-state index contributed by atoms with van der Waals surface area (Å²) in [5.41, 5.74) is 1.58. The van der Waals surface area contributed by atoms with Crippen LogP contribution in [-0.2, 0) is 27.3 Å². The molecule has 3 aromatic rings. The maximum atomic E-state index is 13.3. The Labute approximate surface area is 157 Å². The van der Waals surface area contributed by atoms with Gasteiger partial charge in [-0.05, 0) is 35.9 Å². The second-order valence-corrected chi connectivity index (χ2v) is 6.41. The number of halogens is 1. The molecule has 140 valence electrons. The first-order chi connectivity index (χ1) is 12.9. The lowest BCUT2D eigenvalue weighted by molar-refractivity contribution is -0.139. The average Bonchev–Trinajstić information content (AvgIpc) is 3.27. The van der Waals surface area contributed by atoms with Crippen LogP contribution in [0.5, 0.6) is 0 Å². The van der Waals surface area contributed by atoms with E-state index in [0.717, 1.165) is 4.80 Å². The first-order valence-electron chi connectivity index (χ1n) is 7.80. The minimum absolute atomic E-state index is 0.0357. The lowest BCUT2D eigenvalue weighted by Crippen LogP contribution is -2.20. The van der Waals surface area contributed by atoms with Crippen molar-refractivity contribution in [3.63, 3.8) is 0 Å². The second-order valence-electron chi connectivity index (χ2n) is 5.55. The van der Waals surface area contributed by atoms with E-state index >= 15 is 0 Å². The van der Waals surface area contributed by atoms with Gasteiger partial charge in [0.1, 0.15) is 12.4 Å². The van der Waals surface area contributed by atoms with Crippen molar-refractivity contribution in [1.29, 1.82) is 0 Å². The Morgan fingerprint density at radius 1 is 1.37 bits per heavy atom. The van der Waals surface area contributed by atoms with Crippen LogP contribution in [0.1, 0.15) is 11.3 Å². The number of nitrogens with one attached hydrogen (secondary N) is 1. The lowest BCUT2D eigenvalue weighted by Gasteiger charge is -2.00. The van der Waals surface area contributed by atoms with Gasteiger partial charge in [-0.1, -0.05) is 0 Å². The number of rotatable bonds is 6. The third-order valence-corrected chi connectivity index (χ3v) is 4.31. The highest BCUT2D eigenvalue weighted by molar-refractivity contribution is 7.13. The van der Waals surface area contributed by atoms with E-state index in [-0.39, 0.29) is 18.8 Å². The number of tetrazole rings is 1. The number of ether oxygens (including phenoxy) is 1. The fourth-order valence-corrected chi connectivity index (χ4v) is 2.89. The van der Waals surface area contributed by atoms with Crippen molar-refractivity contribution < 1.29 is 18.7 Å². The van der Waals surface area contributed by atoms with Crippen LogP contribution in [0.3, 0.4) is 0 Å². The van der Waals surface area contributed by atoms with E-state index < -0.39 is 11.9 Å². The van der Waals surface area contributed by atoms with Gasteiger partial charge in [0.15, 0.2) is 5.13 Å². The summed E-state index contributed by atoms with van der Waals surface area (Å²) in [6, 6.07) is 4.48. The minimum atomic E-state index is -0.409. The fourth-order valence-electron chi connectivity index (χ4n) is 2.16. The molecule has 27 heavy (non-hydrogen) atoms. The molecule has 0 atom stereocenters. The molecule has 0 aliphatic carbocycles. The van der Waals surface area contributed by atoms with Crippen LogP contribution in [0.2, 0.25) is 0 Å². The number of amides is 1. The van der Waals surface area contributed by atoms with E-state index in [4.69, 9.17) is 0 Å². The van der Waals surface area contributed by atoms with Gasteiger partial charge in [-0.3, -0.25) is 9.59 Å². The van der Waals surface area contributed by atoms with Gasteiger partial charge >= 0.3 is 5.97 Å². The normalized spacial score (nSPS) is 10.6. The number of carbonyl (C=O) groups is 2. The Balaban J connectivity index is 1.61. The number of carbonyl (C=O) groups excluding carboxylic acids is 2.